The topological polar surface area (TPSA) is 54.5 Å². The van der Waals surface area contributed by atoms with Gasteiger partial charge in [-0.15, -0.1) is 0 Å². The van der Waals surface area contributed by atoms with Crippen molar-refractivity contribution in [3.63, 3.8) is 0 Å². The molecule has 0 unspecified atom stereocenters. The summed E-state index contributed by atoms with van der Waals surface area (Å²) in [7, 11) is 0. The van der Waals surface area contributed by atoms with E-state index >= 15 is 0 Å². The fraction of sp³-hybridized carbons (Fsp3) is 0.368. The molecule has 1 aromatic heterocycles. The molecule has 0 aliphatic carbocycles. The largest absolute Gasteiger partial charge is 0.371 e. The maximum absolute atomic E-state index is 12.6. The zero-order valence-corrected chi connectivity index (χ0v) is 14.5. The zero-order chi connectivity index (χ0) is 17.2. The van der Waals surface area contributed by atoms with Crippen molar-refractivity contribution in [3.05, 3.63) is 59.4 Å². The number of carbonyl (C=O) groups is 1. The smallest absolute Gasteiger partial charge is 0.230 e. The molecule has 130 valence electrons. The number of morpholine rings is 1. The molecule has 0 radical (unpaired) electrons. The van der Waals surface area contributed by atoms with Gasteiger partial charge in [-0.05, 0) is 36.2 Å². The quantitative estimate of drug-likeness (QED) is 0.914. The monoisotopic (exact) mass is 357 g/mol. The first kappa shape index (κ1) is 16.5. The minimum absolute atomic E-state index is 0.0186. The van der Waals surface area contributed by atoms with Crippen molar-refractivity contribution in [1.82, 2.24) is 9.88 Å². The Balaban J connectivity index is 1.39. The molecule has 5 nitrogen and oxygen atoms in total. The van der Waals surface area contributed by atoms with Crippen LogP contribution in [0.15, 0.2) is 48.8 Å². The summed E-state index contributed by atoms with van der Waals surface area (Å²) in [6.45, 7) is 2.43. The summed E-state index contributed by atoms with van der Waals surface area (Å²) in [6, 6.07) is 11.6. The summed E-state index contributed by atoms with van der Waals surface area (Å²) in [4.78, 5) is 19.0. The Morgan fingerprint density at radius 2 is 2.24 bits per heavy atom. The molecule has 6 heteroatoms. The third-order valence-electron chi connectivity index (χ3n) is 4.79. The summed E-state index contributed by atoms with van der Waals surface area (Å²) >= 11 is 6.07. The van der Waals surface area contributed by atoms with Crippen LogP contribution >= 0.6 is 11.6 Å². The number of anilines is 1. The van der Waals surface area contributed by atoms with Crippen molar-refractivity contribution < 1.29 is 9.53 Å². The van der Waals surface area contributed by atoms with Crippen molar-refractivity contribution in [3.8, 4) is 0 Å². The van der Waals surface area contributed by atoms with Crippen LogP contribution in [0.4, 0.5) is 5.69 Å². The number of pyridine rings is 1. The predicted octanol–water partition coefficient (Wildman–Crippen LogP) is 2.96. The van der Waals surface area contributed by atoms with E-state index in [9.17, 15) is 4.79 Å². The van der Waals surface area contributed by atoms with E-state index in [4.69, 9.17) is 16.3 Å². The van der Waals surface area contributed by atoms with Crippen LogP contribution in [0.1, 0.15) is 12.0 Å². The molecule has 4 rings (SSSR count). The Morgan fingerprint density at radius 1 is 1.32 bits per heavy atom. The number of carbonyl (C=O) groups excluding carboxylic acids is 1. The molecular weight excluding hydrogens is 338 g/mol. The number of fused-ring (bicyclic) bond motifs is 2. The molecule has 3 atom stereocenters. The lowest BCUT2D eigenvalue weighted by atomic mass is 9.99. The van der Waals surface area contributed by atoms with Gasteiger partial charge in [0.05, 0.1) is 30.0 Å². The molecule has 2 saturated heterocycles. The Labute approximate surface area is 152 Å². The van der Waals surface area contributed by atoms with Crippen LogP contribution in [0, 0.1) is 5.92 Å². The lowest BCUT2D eigenvalue weighted by Gasteiger charge is -2.32. The van der Waals surface area contributed by atoms with E-state index in [1.165, 1.54) is 5.56 Å². The Morgan fingerprint density at radius 3 is 3.04 bits per heavy atom. The molecule has 0 saturated carbocycles. The van der Waals surface area contributed by atoms with E-state index in [1.54, 1.807) is 12.4 Å². The number of aromatic nitrogens is 1. The second-order valence-electron chi connectivity index (χ2n) is 6.69. The van der Waals surface area contributed by atoms with Crippen LogP contribution in [0.5, 0.6) is 0 Å². The third kappa shape index (κ3) is 3.84. The predicted molar refractivity (Wildman–Crippen MR) is 96.4 cm³/mol. The molecular formula is C19H20ClN3O2. The van der Waals surface area contributed by atoms with Gasteiger partial charge in [0.25, 0.3) is 0 Å². The number of amides is 1. The highest BCUT2D eigenvalue weighted by molar-refractivity contribution is 6.30. The van der Waals surface area contributed by atoms with Gasteiger partial charge in [-0.2, -0.15) is 0 Å². The van der Waals surface area contributed by atoms with Crippen molar-refractivity contribution in [2.45, 2.75) is 25.2 Å². The minimum atomic E-state index is -0.116. The third-order valence-corrected chi connectivity index (χ3v) is 5.03. The summed E-state index contributed by atoms with van der Waals surface area (Å²) in [5.41, 5.74) is 1.91. The number of ether oxygens (including phenoxy) is 1. The highest BCUT2D eigenvalue weighted by Crippen LogP contribution is 2.33. The average molecular weight is 358 g/mol. The molecule has 2 aliphatic heterocycles. The van der Waals surface area contributed by atoms with Crippen molar-refractivity contribution in [2.75, 3.05) is 18.4 Å². The van der Waals surface area contributed by atoms with E-state index in [1.807, 2.05) is 30.3 Å². The first-order valence-electron chi connectivity index (χ1n) is 8.50. The fourth-order valence-corrected chi connectivity index (χ4v) is 3.92. The lowest BCUT2D eigenvalue weighted by Crippen LogP contribution is -2.44. The van der Waals surface area contributed by atoms with E-state index in [2.05, 4.69) is 21.3 Å². The summed E-state index contributed by atoms with van der Waals surface area (Å²) in [5, 5.41) is 3.70. The molecule has 1 aromatic carbocycles. The highest BCUT2D eigenvalue weighted by Gasteiger charge is 2.44. The summed E-state index contributed by atoms with van der Waals surface area (Å²) < 4.78 is 6.02. The van der Waals surface area contributed by atoms with Gasteiger partial charge >= 0.3 is 0 Å². The number of likely N-dealkylation sites (tertiary alicyclic amines) is 1. The molecule has 0 spiro atoms. The van der Waals surface area contributed by atoms with Crippen molar-refractivity contribution in [1.29, 1.82) is 0 Å². The number of hydrogen-bond donors (Lipinski definition) is 1. The van der Waals surface area contributed by atoms with Gasteiger partial charge in [0.1, 0.15) is 0 Å². The van der Waals surface area contributed by atoms with Gasteiger partial charge in [0.2, 0.25) is 5.91 Å². The van der Waals surface area contributed by atoms with Gasteiger partial charge in [-0.1, -0.05) is 23.7 Å². The molecule has 3 heterocycles. The van der Waals surface area contributed by atoms with Crippen molar-refractivity contribution in [2.24, 2.45) is 5.92 Å². The van der Waals surface area contributed by atoms with Crippen molar-refractivity contribution >= 4 is 23.2 Å². The summed E-state index contributed by atoms with van der Waals surface area (Å²) in [5.74, 6) is -0.0975. The van der Waals surface area contributed by atoms with Gasteiger partial charge in [-0.3, -0.25) is 14.7 Å². The molecule has 1 amide bonds. The number of rotatable bonds is 4. The van der Waals surface area contributed by atoms with Crippen LogP contribution in [-0.4, -0.2) is 41.1 Å². The van der Waals surface area contributed by atoms with E-state index < -0.39 is 0 Å². The average Bonchev–Trinajstić information content (AvgIpc) is 2.90. The molecule has 2 fully saturated rings. The fourth-order valence-electron chi connectivity index (χ4n) is 3.71. The minimum Gasteiger partial charge on any atom is -0.371 e. The van der Waals surface area contributed by atoms with Crippen LogP contribution in [0.2, 0.25) is 5.02 Å². The Bertz CT molecular complexity index is 755. The first-order valence-corrected chi connectivity index (χ1v) is 8.88. The van der Waals surface area contributed by atoms with Crippen LogP contribution in [-0.2, 0) is 16.1 Å². The molecule has 1 N–H and O–H groups in total. The number of nitrogens with one attached hydrogen (secondary N) is 1. The van der Waals surface area contributed by atoms with Crippen LogP contribution in [0.25, 0.3) is 0 Å². The highest BCUT2D eigenvalue weighted by atomic mass is 35.5. The molecule has 2 aliphatic rings. The van der Waals surface area contributed by atoms with Crippen LogP contribution < -0.4 is 5.32 Å². The number of halogens is 1. The van der Waals surface area contributed by atoms with E-state index in [-0.39, 0.29) is 24.0 Å². The van der Waals surface area contributed by atoms with Gasteiger partial charge in [-0.25, -0.2) is 0 Å². The van der Waals surface area contributed by atoms with Gasteiger partial charge in [0.15, 0.2) is 0 Å². The normalized spacial score (nSPS) is 25.7. The summed E-state index contributed by atoms with van der Waals surface area (Å²) in [6.07, 6.45) is 4.17. The number of hydrogen-bond acceptors (Lipinski definition) is 4. The number of nitrogens with zero attached hydrogens (tertiary/aromatic N) is 2. The SMILES string of the molecule is O=C(Nc1cccnc1)[C@@H]1C[C@H]2CN(Cc3cccc(Cl)c3)C[C@H]1O2. The second kappa shape index (κ2) is 7.12. The molecule has 2 bridgehead atoms. The Hall–Kier alpha value is -1.95. The first-order chi connectivity index (χ1) is 12.2. The maximum atomic E-state index is 12.6. The van der Waals surface area contributed by atoms with Gasteiger partial charge < -0.3 is 10.1 Å². The van der Waals surface area contributed by atoms with Gasteiger partial charge in [0, 0.05) is 30.9 Å². The zero-order valence-electron chi connectivity index (χ0n) is 13.8. The number of benzene rings is 1. The standard InChI is InChI=1S/C19H20ClN3O2/c20-14-4-1-3-13(7-14)10-23-11-16-8-17(18(12-23)25-16)19(24)22-15-5-2-6-21-9-15/h1-7,9,16-18H,8,10-12H2,(H,22,24)/t16-,17+,18+/m0/s1. The Kier molecular flexibility index (Phi) is 4.70. The maximum Gasteiger partial charge on any atom is 0.230 e. The lowest BCUT2D eigenvalue weighted by molar-refractivity contribution is -0.123. The molecule has 2 aromatic rings. The van der Waals surface area contributed by atoms with E-state index in [0.717, 1.165) is 36.8 Å². The second-order valence-corrected chi connectivity index (χ2v) is 7.13. The molecule has 25 heavy (non-hydrogen) atoms. The van der Waals surface area contributed by atoms with E-state index in [0.29, 0.717) is 0 Å². The van der Waals surface area contributed by atoms with Crippen LogP contribution in [0.3, 0.4) is 0 Å².